The molecule has 1 atom stereocenters. The van der Waals surface area contributed by atoms with E-state index in [0.29, 0.717) is 40.7 Å². The second-order valence-corrected chi connectivity index (χ2v) is 11.2. The zero-order chi connectivity index (χ0) is 27.1. The standard InChI is InChI=1S/C30H33NO6S/c1-4-31-21(2)18-22-12-14-24(15-13-22)35-16-17-36-28-11-6-5-10-26(28)29-27(20-37-30(29)32)23-8-7-9-25(19-23)38(3,33)34/h5-15,19,21,31H,4,16-18,20H2,1-3H3. The van der Waals surface area contributed by atoms with Crippen LogP contribution in [0.25, 0.3) is 11.1 Å². The van der Waals surface area contributed by atoms with Crippen molar-refractivity contribution in [1.82, 2.24) is 5.32 Å². The van der Waals surface area contributed by atoms with Crippen LogP contribution >= 0.6 is 0 Å². The highest BCUT2D eigenvalue weighted by Crippen LogP contribution is 2.37. The van der Waals surface area contributed by atoms with Crippen molar-refractivity contribution in [3.05, 3.63) is 89.5 Å². The first-order valence-corrected chi connectivity index (χ1v) is 14.5. The molecule has 0 fully saturated rings. The Morgan fingerprint density at radius 2 is 1.71 bits per heavy atom. The van der Waals surface area contributed by atoms with Gasteiger partial charge in [0.15, 0.2) is 9.84 Å². The summed E-state index contributed by atoms with van der Waals surface area (Å²) in [6.45, 7) is 5.87. The van der Waals surface area contributed by atoms with Gasteiger partial charge in [0, 0.05) is 23.4 Å². The van der Waals surface area contributed by atoms with Gasteiger partial charge in [0.05, 0.1) is 10.5 Å². The molecule has 8 heteroatoms. The van der Waals surface area contributed by atoms with Gasteiger partial charge in [0.25, 0.3) is 0 Å². The summed E-state index contributed by atoms with van der Waals surface area (Å²) in [5.41, 5.74) is 3.45. The van der Waals surface area contributed by atoms with Crippen LogP contribution < -0.4 is 14.8 Å². The molecule has 7 nitrogen and oxygen atoms in total. The number of para-hydroxylation sites is 1. The number of ether oxygens (including phenoxy) is 3. The minimum Gasteiger partial charge on any atom is -0.490 e. The number of likely N-dealkylation sites (N-methyl/N-ethyl adjacent to an activating group) is 1. The van der Waals surface area contributed by atoms with E-state index in [1.165, 1.54) is 11.6 Å². The highest BCUT2D eigenvalue weighted by atomic mass is 32.2. The van der Waals surface area contributed by atoms with Crippen molar-refractivity contribution in [1.29, 1.82) is 0 Å². The number of hydrogen-bond acceptors (Lipinski definition) is 7. The fourth-order valence-electron chi connectivity index (χ4n) is 4.43. The average Bonchev–Trinajstić information content (AvgIpc) is 3.28. The molecule has 0 aromatic heterocycles. The van der Waals surface area contributed by atoms with E-state index in [1.54, 1.807) is 30.3 Å². The number of carbonyl (C=O) groups excluding carboxylic acids is 1. The summed E-state index contributed by atoms with van der Waals surface area (Å²) < 4.78 is 41.3. The molecule has 1 unspecified atom stereocenters. The summed E-state index contributed by atoms with van der Waals surface area (Å²) in [4.78, 5) is 12.9. The predicted molar refractivity (Wildman–Crippen MR) is 148 cm³/mol. The van der Waals surface area contributed by atoms with Gasteiger partial charge in [-0.15, -0.1) is 0 Å². The second kappa shape index (κ2) is 12.3. The molecule has 0 saturated heterocycles. The summed E-state index contributed by atoms with van der Waals surface area (Å²) in [5, 5.41) is 3.41. The number of cyclic esters (lactones) is 1. The quantitative estimate of drug-likeness (QED) is 0.269. The summed E-state index contributed by atoms with van der Waals surface area (Å²) in [6, 6.07) is 22.2. The molecule has 1 aliphatic heterocycles. The Bertz CT molecular complexity index is 1410. The Morgan fingerprint density at radius 1 is 0.974 bits per heavy atom. The molecule has 0 amide bonds. The summed E-state index contributed by atoms with van der Waals surface area (Å²) in [7, 11) is -3.40. The van der Waals surface area contributed by atoms with Gasteiger partial charge in [-0.05, 0) is 61.3 Å². The third-order valence-corrected chi connectivity index (χ3v) is 7.36. The van der Waals surface area contributed by atoms with Crippen molar-refractivity contribution in [3.8, 4) is 11.5 Å². The molecule has 0 radical (unpaired) electrons. The molecule has 1 heterocycles. The minimum atomic E-state index is -3.40. The lowest BCUT2D eigenvalue weighted by Crippen LogP contribution is -2.27. The Labute approximate surface area is 224 Å². The van der Waals surface area contributed by atoms with Crippen molar-refractivity contribution in [2.24, 2.45) is 0 Å². The van der Waals surface area contributed by atoms with Gasteiger partial charge < -0.3 is 19.5 Å². The molecule has 1 aliphatic rings. The van der Waals surface area contributed by atoms with Gasteiger partial charge >= 0.3 is 5.97 Å². The van der Waals surface area contributed by atoms with Gasteiger partial charge in [-0.1, -0.05) is 49.4 Å². The second-order valence-electron chi connectivity index (χ2n) is 9.23. The maximum absolute atomic E-state index is 12.8. The number of esters is 1. The van der Waals surface area contributed by atoms with Crippen LogP contribution in [0.15, 0.2) is 77.7 Å². The van der Waals surface area contributed by atoms with Gasteiger partial charge in [-0.3, -0.25) is 0 Å². The molecule has 1 N–H and O–H groups in total. The number of rotatable bonds is 12. The van der Waals surface area contributed by atoms with Crippen molar-refractivity contribution >= 4 is 27.0 Å². The number of carbonyl (C=O) groups is 1. The summed E-state index contributed by atoms with van der Waals surface area (Å²) in [5.74, 6) is 0.812. The van der Waals surface area contributed by atoms with E-state index in [0.717, 1.165) is 25.0 Å². The van der Waals surface area contributed by atoms with E-state index in [9.17, 15) is 13.2 Å². The van der Waals surface area contributed by atoms with Crippen LogP contribution in [-0.4, -0.2) is 53.1 Å². The number of sulfone groups is 1. The Morgan fingerprint density at radius 3 is 2.45 bits per heavy atom. The molecule has 0 saturated carbocycles. The lowest BCUT2D eigenvalue weighted by Gasteiger charge is -2.14. The molecule has 0 bridgehead atoms. The first-order chi connectivity index (χ1) is 18.3. The summed E-state index contributed by atoms with van der Waals surface area (Å²) >= 11 is 0. The monoisotopic (exact) mass is 535 g/mol. The normalized spacial score (nSPS) is 14.3. The molecule has 0 aliphatic carbocycles. The third kappa shape index (κ3) is 6.82. The van der Waals surface area contributed by atoms with Crippen molar-refractivity contribution in [3.63, 3.8) is 0 Å². The molecule has 200 valence electrons. The molecule has 3 aromatic carbocycles. The van der Waals surface area contributed by atoms with Crippen LogP contribution in [0.5, 0.6) is 11.5 Å². The largest absolute Gasteiger partial charge is 0.490 e. The number of hydrogen-bond donors (Lipinski definition) is 1. The van der Waals surface area contributed by atoms with Crippen LogP contribution in [0, 0.1) is 0 Å². The van der Waals surface area contributed by atoms with Crippen LogP contribution in [0.4, 0.5) is 0 Å². The molecule has 3 aromatic rings. The maximum atomic E-state index is 12.8. The lowest BCUT2D eigenvalue weighted by atomic mass is 9.96. The number of nitrogens with one attached hydrogen (secondary N) is 1. The molecule has 0 spiro atoms. The van der Waals surface area contributed by atoms with E-state index in [2.05, 4.69) is 31.3 Å². The van der Waals surface area contributed by atoms with Gasteiger partial charge in [0.1, 0.15) is 31.3 Å². The molecular formula is C30H33NO6S. The smallest absolute Gasteiger partial charge is 0.339 e. The van der Waals surface area contributed by atoms with E-state index in [4.69, 9.17) is 14.2 Å². The maximum Gasteiger partial charge on any atom is 0.339 e. The lowest BCUT2D eigenvalue weighted by molar-refractivity contribution is -0.133. The van der Waals surface area contributed by atoms with E-state index < -0.39 is 15.8 Å². The van der Waals surface area contributed by atoms with Crippen molar-refractivity contribution in [2.45, 2.75) is 31.2 Å². The average molecular weight is 536 g/mol. The Hall–Kier alpha value is -3.62. The van der Waals surface area contributed by atoms with Gasteiger partial charge in [-0.25, -0.2) is 13.2 Å². The zero-order valence-corrected chi connectivity index (χ0v) is 22.7. The fraction of sp³-hybridized carbons (Fsp3) is 0.300. The zero-order valence-electron chi connectivity index (χ0n) is 21.9. The van der Waals surface area contributed by atoms with E-state index >= 15 is 0 Å². The Balaban J connectivity index is 1.45. The molecular weight excluding hydrogens is 502 g/mol. The molecule has 38 heavy (non-hydrogen) atoms. The van der Waals surface area contributed by atoms with Crippen molar-refractivity contribution < 1.29 is 27.4 Å². The van der Waals surface area contributed by atoms with Crippen LogP contribution in [0.2, 0.25) is 0 Å². The van der Waals surface area contributed by atoms with Gasteiger partial charge in [0.2, 0.25) is 0 Å². The van der Waals surface area contributed by atoms with E-state index in [-0.39, 0.29) is 18.1 Å². The Kier molecular flexibility index (Phi) is 8.86. The topological polar surface area (TPSA) is 90.9 Å². The third-order valence-electron chi connectivity index (χ3n) is 6.25. The van der Waals surface area contributed by atoms with Crippen LogP contribution in [0.1, 0.15) is 30.5 Å². The highest BCUT2D eigenvalue weighted by molar-refractivity contribution is 7.90. The minimum absolute atomic E-state index is 0.0576. The number of benzene rings is 3. The predicted octanol–water partition coefficient (Wildman–Crippen LogP) is 4.56. The van der Waals surface area contributed by atoms with Crippen LogP contribution in [0.3, 0.4) is 0 Å². The van der Waals surface area contributed by atoms with Gasteiger partial charge in [-0.2, -0.15) is 0 Å². The van der Waals surface area contributed by atoms with Crippen molar-refractivity contribution in [2.75, 3.05) is 32.6 Å². The van der Waals surface area contributed by atoms with Crippen LogP contribution in [-0.2, 0) is 25.8 Å². The van der Waals surface area contributed by atoms with E-state index in [1.807, 2.05) is 24.3 Å². The highest BCUT2D eigenvalue weighted by Gasteiger charge is 2.29. The summed E-state index contributed by atoms with van der Waals surface area (Å²) in [6.07, 6.45) is 2.11. The molecule has 4 rings (SSSR count). The first kappa shape index (κ1) is 27.4. The first-order valence-electron chi connectivity index (χ1n) is 12.6. The SMILES string of the molecule is CCNC(C)Cc1ccc(OCCOc2ccccc2C2=C(c3cccc(S(C)(=O)=O)c3)COC2=O)cc1. The fourth-order valence-corrected chi connectivity index (χ4v) is 5.09.